The summed E-state index contributed by atoms with van der Waals surface area (Å²) < 4.78 is 34.3. The van der Waals surface area contributed by atoms with Gasteiger partial charge in [0, 0.05) is 37.2 Å². The number of anilines is 1. The lowest BCUT2D eigenvalue weighted by Crippen LogP contribution is -2.38. The van der Waals surface area contributed by atoms with Crippen LogP contribution in [0.15, 0.2) is 59.9 Å². The molecule has 0 atom stereocenters. The normalized spacial score (nSPS) is 15.1. The zero-order chi connectivity index (χ0) is 25.0. The van der Waals surface area contributed by atoms with Gasteiger partial charge in [0.05, 0.1) is 4.90 Å². The molecule has 0 radical (unpaired) electrons. The number of rotatable bonds is 7. The van der Waals surface area contributed by atoms with Crippen molar-refractivity contribution >= 4 is 21.7 Å². The highest BCUT2D eigenvalue weighted by atomic mass is 32.2. The van der Waals surface area contributed by atoms with E-state index in [-0.39, 0.29) is 22.9 Å². The maximum Gasteiger partial charge on any atom is 0.256 e. The third-order valence-electron chi connectivity index (χ3n) is 6.39. The molecule has 0 saturated carbocycles. The quantitative estimate of drug-likeness (QED) is 0.524. The van der Waals surface area contributed by atoms with Crippen molar-refractivity contribution in [2.24, 2.45) is 5.92 Å². The number of carbonyl (C=O) groups excluding carboxylic acids is 1. The van der Waals surface area contributed by atoms with Crippen LogP contribution in [-0.4, -0.2) is 41.7 Å². The molecule has 0 spiro atoms. The first-order valence-electron chi connectivity index (χ1n) is 11.6. The highest BCUT2D eigenvalue weighted by Gasteiger charge is 2.30. The van der Waals surface area contributed by atoms with Crippen LogP contribution >= 0.6 is 0 Å². The number of hydrogen-bond acceptors (Lipinski definition) is 6. The number of nitrogens with zero attached hydrogens (tertiary/aromatic N) is 3. The van der Waals surface area contributed by atoms with Crippen molar-refractivity contribution in [3.8, 4) is 5.75 Å². The van der Waals surface area contributed by atoms with E-state index in [1.54, 1.807) is 43.7 Å². The van der Waals surface area contributed by atoms with Crippen LogP contribution in [0.1, 0.15) is 46.8 Å². The van der Waals surface area contributed by atoms with Crippen LogP contribution in [0.25, 0.3) is 0 Å². The first-order chi connectivity index (χ1) is 16.8. The van der Waals surface area contributed by atoms with Gasteiger partial charge in [-0.05, 0) is 85.7 Å². The molecule has 1 aliphatic heterocycles. The predicted octanol–water partition coefficient (Wildman–Crippen LogP) is 4.35. The van der Waals surface area contributed by atoms with Gasteiger partial charge in [0.25, 0.3) is 5.91 Å². The molecule has 0 bridgehead atoms. The summed E-state index contributed by atoms with van der Waals surface area (Å²) in [5, 5.41) is 2.78. The van der Waals surface area contributed by atoms with E-state index in [9.17, 15) is 13.2 Å². The van der Waals surface area contributed by atoms with E-state index in [0.717, 1.165) is 24.0 Å². The molecule has 3 aromatic rings. The van der Waals surface area contributed by atoms with Gasteiger partial charge in [0.1, 0.15) is 6.61 Å². The first-order valence-corrected chi connectivity index (χ1v) is 13.1. The van der Waals surface area contributed by atoms with Gasteiger partial charge >= 0.3 is 0 Å². The maximum absolute atomic E-state index is 13.4. The lowest BCUT2D eigenvalue weighted by atomic mass is 10.0. The van der Waals surface area contributed by atoms with Crippen LogP contribution in [0.3, 0.4) is 0 Å². The standard InChI is InChI=1S/C26H30N4O4S/c1-18-8-13-30(14-9-18)35(32,33)24-16-22(15-19(2)20(24)3)26(31)29-25-23(5-4-10-28-25)34-17-21-6-11-27-12-7-21/h4-7,10-12,15-16,18H,8-9,13-14,17H2,1-3H3,(H,28,29,31). The van der Waals surface area contributed by atoms with Gasteiger partial charge in [-0.3, -0.25) is 9.78 Å². The highest BCUT2D eigenvalue weighted by molar-refractivity contribution is 7.89. The fourth-order valence-electron chi connectivity index (χ4n) is 4.01. The van der Waals surface area contributed by atoms with E-state index in [0.29, 0.717) is 30.3 Å². The SMILES string of the molecule is Cc1cc(C(=O)Nc2ncccc2OCc2ccncc2)cc(S(=O)(=O)N2CCC(C)CC2)c1C. The number of piperidine rings is 1. The molecular weight excluding hydrogens is 464 g/mol. The largest absolute Gasteiger partial charge is 0.485 e. The summed E-state index contributed by atoms with van der Waals surface area (Å²) in [5.74, 6) is 0.731. The molecule has 1 aliphatic rings. The molecule has 1 saturated heterocycles. The Morgan fingerprint density at radius 1 is 1.11 bits per heavy atom. The molecule has 2 aromatic heterocycles. The second-order valence-electron chi connectivity index (χ2n) is 8.95. The minimum Gasteiger partial charge on any atom is -0.485 e. The van der Waals surface area contributed by atoms with Crippen molar-refractivity contribution in [1.82, 2.24) is 14.3 Å². The molecule has 1 fully saturated rings. The van der Waals surface area contributed by atoms with Gasteiger partial charge in [-0.15, -0.1) is 0 Å². The molecule has 1 aromatic carbocycles. The van der Waals surface area contributed by atoms with Crippen molar-refractivity contribution < 1.29 is 17.9 Å². The minimum absolute atomic E-state index is 0.174. The molecule has 35 heavy (non-hydrogen) atoms. The summed E-state index contributed by atoms with van der Waals surface area (Å²) in [7, 11) is -3.71. The number of hydrogen-bond donors (Lipinski definition) is 1. The molecule has 9 heteroatoms. The monoisotopic (exact) mass is 494 g/mol. The van der Waals surface area contributed by atoms with Crippen molar-refractivity contribution in [3.63, 3.8) is 0 Å². The third-order valence-corrected chi connectivity index (χ3v) is 8.41. The summed E-state index contributed by atoms with van der Waals surface area (Å²) in [6.07, 6.45) is 6.59. The number of aromatic nitrogens is 2. The second kappa shape index (κ2) is 10.5. The van der Waals surface area contributed by atoms with Crippen LogP contribution in [-0.2, 0) is 16.6 Å². The maximum atomic E-state index is 13.4. The Hall–Kier alpha value is -3.30. The molecule has 3 heterocycles. The number of pyridine rings is 2. The summed E-state index contributed by atoms with van der Waals surface area (Å²) in [4.78, 5) is 21.6. The number of nitrogens with one attached hydrogen (secondary N) is 1. The minimum atomic E-state index is -3.71. The average molecular weight is 495 g/mol. The average Bonchev–Trinajstić information content (AvgIpc) is 2.85. The fraction of sp³-hybridized carbons (Fsp3) is 0.346. The number of sulfonamides is 1. The van der Waals surface area contributed by atoms with E-state index in [2.05, 4.69) is 22.2 Å². The molecular formula is C26H30N4O4S. The smallest absolute Gasteiger partial charge is 0.256 e. The summed E-state index contributed by atoms with van der Waals surface area (Å²) in [5.41, 5.74) is 2.57. The number of carbonyl (C=O) groups is 1. The van der Waals surface area contributed by atoms with E-state index < -0.39 is 15.9 Å². The van der Waals surface area contributed by atoms with Crippen LogP contribution < -0.4 is 10.1 Å². The van der Waals surface area contributed by atoms with E-state index >= 15 is 0 Å². The number of aryl methyl sites for hydroxylation is 1. The van der Waals surface area contributed by atoms with Crippen LogP contribution in [0, 0.1) is 19.8 Å². The highest BCUT2D eigenvalue weighted by Crippen LogP contribution is 2.29. The molecule has 0 unspecified atom stereocenters. The van der Waals surface area contributed by atoms with Gasteiger partial charge in [0.15, 0.2) is 11.6 Å². The zero-order valence-corrected chi connectivity index (χ0v) is 21.0. The van der Waals surface area contributed by atoms with Gasteiger partial charge in [-0.1, -0.05) is 6.92 Å². The fourth-order valence-corrected chi connectivity index (χ4v) is 5.80. The summed E-state index contributed by atoms with van der Waals surface area (Å²) >= 11 is 0. The van der Waals surface area contributed by atoms with Crippen LogP contribution in [0.4, 0.5) is 5.82 Å². The van der Waals surface area contributed by atoms with Crippen molar-refractivity contribution in [3.05, 3.63) is 77.2 Å². The number of benzene rings is 1. The van der Waals surface area contributed by atoms with Gasteiger partial charge in [0.2, 0.25) is 10.0 Å². The van der Waals surface area contributed by atoms with Crippen molar-refractivity contribution in [2.75, 3.05) is 18.4 Å². The van der Waals surface area contributed by atoms with Gasteiger partial charge < -0.3 is 10.1 Å². The second-order valence-corrected chi connectivity index (χ2v) is 10.9. The van der Waals surface area contributed by atoms with Crippen molar-refractivity contribution in [1.29, 1.82) is 0 Å². The molecule has 0 aliphatic carbocycles. The zero-order valence-electron chi connectivity index (χ0n) is 20.2. The molecule has 1 N–H and O–H groups in total. The topological polar surface area (TPSA) is 101 Å². The third kappa shape index (κ3) is 5.68. The lowest BCUT2D eigenvalue weighted by Gasteiger charge is -2.30. The van der Waals surface area contributed by atoms with E-state index in [4.69, 9.17) is 4.74 Å². The Morgan fingerprint density at radius 3 is 2.54 bits per heavy atom. The molecule has 4 rings (SSSR count). The Morgan fingerprint density at radius 2 is 1.83 bits per heavy atom. The number of ether oxygens (including phenoxy) is 1. The van der Waals surface area contributed by atoms with Crippen LogP contribution in [0.2, 0.25) is 0 Å². The first kappa shape index (κ1) is 24.8. The summed E-state index contributed by atoms with van der Waals surface area (Å²) in [6.45, 7) is 7.00. The van der Waals surface area contributed by atoms with Crippen molar-refractivity contribution in [2.45, 2.75) is 45.1 Å². The predicted molar refractivity (Wildman–Crippen MR) is 134 cm³/mol. The van der Waals surface area contributed by atoms with Gasteiger partial charge in [-0.2, -0.15) is 4.31 Å². The Kier molecular flexibility index (Phi) is 7.47. The molecule has 8 nitrogen and oxygen atoms in total. The molecule has 184 valence electrons. The van der Waals surface area contributed by atoms with E-state index in [1.165, 1.54) is 10.4 Å². The molecule has 1 amide bonds. The number of amides is 1. The Bertz CT molecular complexity index is 1300. The summed E-state index contributed by atoms with van der Waals surface area (Å²) in [6, 6.07) is 10.3. The van der Waals surface area contributed by atoms with E-state index in [1.807, 2.05) is 19.1 Å². The Balaban J connectivity index is 1.56. The van der Waals surface area contributed by atoms with Gasteiger partial charge in [-0.25, -0.2) is 13.4 Å². The lowest BCUT2D eigenvalue weighted by molar-refractivity contribution is 0.102. The van der Waals surface area contributed by atoms with Crippen LogP contribution in [0.5, 0.6) is 5.75 Å². The Labute approximate surface area is 206 Å².